The van der Waals surface area contributed by atoms with Crippen molar-refractivity contribution in [2.24, 2.45) is 0 Å². The molecule has 0 aromatic carbocycles. The summed E-state index contributed by atoms with van der Waals surface area (Å²) in [5.41, 5.74) is 10.9. The minimum atomic E-state index is 0. The molecule has 0 amide bonds. The summed E-state index contributed by atoms with van der Waals surface area (Å²) in [6, 6.07) is 3.81. The fourth-order valence-corrected chi connectivity index (χ4v) is 1.58. The Morgan fingerprint density at radius 2 is 1.71 bits per heavy atom. The number of hydrogen-bond acceptors (Lipinski definition) is 6. The molecule has 74 valence electrons. The third kappa shape index (κ3) is 2.09. The highest BCUT2D eigenvalue weighted by molar-refractivity contribution is 7.13. The van der Waals surface area contributed by atoms with Gasteiger partial charge < -0.3 is 11.5 Å². The van der Waals surface area contributed by atoms with Crippen LogP contribution in [0.4, 0.5) is 11.9 Å². The van der Waals surface area contributed by atoms with E-state index in [1.54, 1.807) is 0 Å². The van der Waals surface area contributed by atoms with Gasteiger partial charge in [0.05, 0.1) is 4.88 Å². The van der Waals surface area contributed by atoms with Crippen LogP contribution in [0.1, 0.15) is 0 Å². The van der Waals surface area contributed by atoms with E-state index in [1.165, 1.54) is 11.3 Å². The number of thiophene rings is 1. The highest BCUT2D eigenvalue weighted by Gasteiger charge is 2.04. The van der Waals surface area contributed by atoms with Gasteiger partial charge in [-0.25, -0.2) is 0 Å². The third-order valence-electron chi connectivity index (χ3n) is 1.41. The van der Waals surface area contributed by atoms with Crippen LogP contribution in [-0.4, -0.2) is 15.0 Å². The molecule has 0 aliphatic heterocycles. The van der Waals surface area contributed by atoms with E-state index in [2.05, 4.69) is 15.0 Å². The van der Waals surface area contributed by atoms with Crippen molar-refractivity contribution < 1.29 is 0 Å². The van der Waals surface area contributed by atoms with E-state index in [-0.39, 0.29) is 24.3 Å². The largest absolute Gasteiger partial charge is 0.368 e. The molecule has 7 heteroatoms. The molecule has 4 N–H and O–H groups in total. The van der Waals surface area contributed by atoms with E-state index in [0.717, 1.165) is 4.88 Å². The van der Waals surface area contributed by atoms with Gasteiger partial charge in [0, 0.05) is 0 Å². The molecule has 0 atom stereocenters. The van der Waals surface area contributed by atoms with Crippen molar-refractivity contribution in [3.63, 3.8) is 0 Å². The van der Waals surface area contributed by atoms with Gasteiger partial charge in [0.2, 0.25) is 11.9 Å². The number of hydrogen-bond donors (Lipinski definition) is 2. The van der Waals surface area contributed by atoms with E-state index in [0.29, 0.717) is 5.82 Å². The molecule has 0 saturated heterocycles. The molecule has 0 aliphatic rings. The maximum atomic E-state index is 5.43. The summed E-state index contributed by atoms with van der Waals surface area (Å²) >= 11 is 1.53. The van der Waals surface area contributed by atoms with Crippen molar-refractivity contribution in [1.82, 2.24) is 15.0 Å². The molecule has 0 radical (unpaired) electrons. The fourth-order valence-electron chi connectivity index (χ4n) is 0.925. The lowest BCUT2D eigenvalue weighted by molar-refractivity contribution is 1.09. The predicted octanol–water partition coefficient (Wildman–Crippen LogP) is 1.19. The smallest absolute Gasteiger partial charge is 0.225 e. The van der Waals surface area contributed by atoms with Gasteiger partial charge in [-0.05, 0) is 11.4 Å². The van der Waals surface area contributed by atoms with E-state index in [9.17, 15) is 0 Å². The monoisotopic (exact) mass is 229 g/mol. The Morgan fingerprint density at radius 1 is 1.07 bits per heavy atom. The molecule has 5 nitrogen and oxygen atoms in total. The van der Waals surface area contributed by atoms with Gasteiger partial charge in [-0.15, -0.1) is 23.7 Å². The maximum Gasteiger partial charge on any atom is 0.225 e. The van der Waals surface area contributed by atoms with Crippen LogP contribution in [0.3, 0.4) is 0 Å². The minimum Gasteiger partial charge on any atom is -0.368 e. The third-order valence-corrected chi connectivity index (χ3v) is 2.28. The van der Waals surface area contributed by atoms with Gasteiger partial charge in [0.25, 0.3) is 0 Å². The molecule has 2 aromatic heterocycles. The summed E-state index contributed by atoms with van der Waals surface area (Å²) in [5.74, 6) is 0.826. The lowest BCUT2D eigenvalue weighted by Gasteiger charge is -1.98. The molecule has 2 rings (SSSR count). The summed E-state index contributed by atoms with van der Waals surface area (Å²) in [5, 5.41) is 1.94. The van der Waals surface area contributed by atoms with E-state index >= 15 is 0 Å². The van der Waals surface area contributed by atoms with Crippen LogP contribution in [0.5, 0.6) is 0 Å². The van der Waals surface area contributed by atoms with Crippen molar-refractivity contribution in [2.75, 3.05) is 11.5 Å². The van der Waals surface area contributed by atoms with E-state index < -0.39 is 0 Å². The quantitative estimate of drug-likeness (QED) is 0.767. The highest BCUT2D eigenvalue weighted by Crippen LogP contribution is 2.21. The Bertz CT molecular complexity index is 396. The molecule has 0 fully saturated rings. The maximum absolute atomic E-state index is 5.43. The number of halogens is 1. The summed E-state index contributed by atoms with van der Waals surface area (Å²) in [7, 11) is 0. The lowest BCUT2D eigenvalue weighted by Crippen LogP contribution is -2.03. The molecule has 0 aliphatic carbocycles. The van der Waals surface area contributed by atoms with Crippen LogP contribution in [0.15, 0.2) is 17.5 Å². The van der Waals surface area contributed by atoms with Gasteiger partial charge in [0.1, 0.15) is 0 Å². The number of nitrogens with two attached hydrogens (primary N) is 2. The van der Waals surface area contributed by atoms with E-state index in [1.807, 2.05) is 17.5 Å². The Morgan fingerprint density at radius 3 is 2.21 bits per heavy atom. The van der Waals surface area contributed by atoms with Crippen LogP contribution in [0.2, 0.25) is 0 Å². The van der Waals surface area contributed by atoms with Gasteiger partial charge >= 0.3 is 0 Å². The zero-order valence-electron chi connectivity index (χ0n) is 7.04. The van der Waals surface area contributed by atoms with Crippen LogP contribution < -0.4 is 11.5 Å². The Balaban J connectivity index is 0.000000980. The molecule has 0 bridgehead atoms. The Hall–Kier alpha value is -1.40. The first-order valence-corrected chi connectivity index (χ1v) is 4.44. The molecule has 0 spiro atoms. The molecule has 0 unspecified atom stereocenters. The minimum absolute atomic E-state index is 0. The van der Waals surface area contributed by atoms with Crippen LogP contribution >= 0.6 is 23.7 Å². The molecular formula is C7H8ClN5S. The van der Waals surface area contributed by atoms with Gasteiger partial charge in [0.15, 0.2) is 5.82 Å². The number of aromatic nitrogens is 3. The summed E-state index contributed by atoms with van der Waals surface area (Å²) in [4.78, 5) is 12.5. The second-order valence-corrected chi connectivity index (χ2v) is 3.30. The van der Waals surface area contributed by atoms with Gasteiger partial charge in [-0.3, -0.25) is 0 Å². The van der Waals surface area contributed by atoms with Crippen LogP contribution in [-0.2, 0) is 0 Å². The van der Waals surface area contributed by atoms with Crippen LogP contribution in [0.25, 0.3) is 10.7 Å². The SMILES string of the molecule is Cl.Nc1nc(N)nc(-c2cccs2)n1. The average Bonchev–Trinajstić information content (AvgIpc) is 2.53. The van der Waals surface area contributed by atoms with Gasteiger partial charge in [-0.1, -0.05) is 6.07 Å². The molecule has 14 heavy (non-hydrogen) atoms. The van der Waals surface area contributed by atoms with Gasteiger partial charge in [-0.2, -0.15) is 15.0 Å². The van der Waals surface area contributed by atoms with Crippen molar-refractivity contribution in [3.8, 4) is 10.7 Å². The predicted molar refractivity (Wildman–Crippen MR) is 59.2 cm³/mol. The van der Waals surface area contributed by atoms with Crippen LogP contribution in [0, 0.1) is 0 Å². The summed E-state index contributed by atoms with van der Waals surface area (Å²) in [6.45, 7) is 0. The first-order chi connectivity index (χ1) is 6.25. The second-order valence-electron chi connectivity index (χ2n) is 2.35. The van der Waals surface area contributed by atoms with Crippen molar-refractivity contribution >= 4 is 35.6 Å². The first-order valence-electron chi connectivity index (χ1n) is 3.56. The standard InChI is InChI=1S/C7H7N5S.ClH/c8-6-10-5(11-7(9)12-6)4-2-1-3-13-4;/h1-3H,(H4,8,9,10,11,12);1H. The van der Waals surface area contributed by atoms with E-state index in [4.69, 9.17) is 11.5 Å². The number of nitrogens with zero attached hydrogens (tertiary/aromatic N) is 3. The summed E-state index contributed by atoms with van der Waals surface area (Å²) in [6.07, 6.45) is 0. The normalized spacial score (nSPS) is 9.43. The zero-order chi connectivity index (χ0) is 9.26. The lowest BCUT2D eigenvalue weighted by atomic mass is 10.4. The zero-order valence-corrected chi connectivity index (χ0v) is 8.68. The average molecular weight is 230 g/mol. The van der Waals surface area contributed by atoms with Crippen molar-refractivity contribution in [1.29, 1.82) is 0 Å². The fraction of sp³-hybridized carbons (Fsp3) is 0. The number of anilines is 2. The molecule has 0 saturated carbocycles. The second kappa shape index (κ2) is 4.21. The first kappa shape index (κ1) is 10.7. The molecular weight excluding hydrogens is 222 g/mol. The van der Waals surface area contributed by atoms with Crippen molar-refractivity contribution in [3.05, 3.63) is 17.5 Å². The molecule has 2 heterocycles. The number of nitrogen functional groups attached to an aromatic ring is 2. The summed E-state index contributed by atoms with van der Waals surface area (Å²) < 4.78 is 0. The Kier molecular flexibility index (Phi) is 3.21. The van der Waals surface area contributed by atoms with Crippen molar-refractivity contribution in [2.45, 2.75) is 0 Å². The molecule has 2 aromatic rings. The topological polar surface area (TPSA) is 90.7 Å². The number of rotatable bonds is 1. The highest BCUT2D eigenvalue weighted by atomic mass is 35.5. The Labute approximate surface area is 90.6 Å².